The lowest BCUT2D eigenvalue weighted by Crippen LogP contribution is -2.31. The quantitative estimate of drug-likeness (QED) is 0.318. The molecule has 4 heteroatoms. The maximum atomic E-state index is 14.2. The van der Waals surface area contributed by atoms with Gasteiger partial charge in [-0.1, -0.05) is 103 Å². The summed E-state index contributed by atoms with van der Waals surface area (Å²) in [5.41, 5.74) is 7.03. The van der Waals surface area contributed by atoms with E-state index in [2.05, 4.69) is 24.3 Å². The first kappa shape index (κ1) is 22.2. The van der Waals surface area contributed by atoms with Gasteiger partial charge in [0.15, 0.2) is 0 Å². The summed E-state index contributed by atoms with van der Waals surface area (Å²) >= 11 is 0. The Hall–Kier alpha value is -3.63. The molecule has 0 radical (unpaired) electrons. The topological polar surface area (TPSA) is 37.4 Å². The van der Waals surface area contributed by atoms with Crippen molar-refractivity contribution in [2.45, 2.75) is 31.2 Å². The van der Waals surface area contributed by atoms with E-state index in [4.69, 9.17) is 0 Å². The van der Waals surface area contributed by atoms with Gasteiger partial charge >= 0.3 is 0 Å². The second-order valence-corrected chi connectivity index (χ2v) is 10.5. The number of aryl methyl sites for hydroxylation is 2. The Labute approximate surface area is 202 Å². The van der Waals surface area contributed by atoms with Crippen molar-refractivity contribution in [3.63, 3.8) is 0 Å². The van der Waals surface area contributed by atoms with Crippen LogP contribution in [0.4, 0.5) is 0 Å². The predicted octanol–water partition coefficient (Wildman–Crippen LogP) is 6.70. The molecule has 0 atom stereocenters. The van der Waals surface area contributed by atoms with Crippen molar-refractivity contribution in [2.75, 3.05) is 0 Å². The van der Waals surface area contributed by atoms with E-state index >= 15 is 0 Å². The van der Waals surface area contributed by atoms with E-state index < -0.39 is 10.0 Å². The van der Waals surface area contributed by atoms with Gasteiger partial charge in [0.25, 0.3) is 10.0 Å². The molecule has 0 unspecified atom stereocenters. The number of nitrogens with zero attached hydrogens (tertiary/aromatic N) is 1. The van der Waals surface area contributed by atoms with Gasteiger partial charge in [-0.15, -0.1) is 0 Å². The van der Waals surface area contributed by atoms with E-state index in [1.54, 1.807) is 16.4 Å². The number of benzene rings is 4. The smallest absolute Gasteiger partial charge is 0.261 e. The van der Waals surface area contributed by atoms with Crippen molar-refractivity contribution in [2.24, 2.45) is 0 Å². The molecule has 4 aromatic carbocycles. The van der Waals surface area contributed by atoms with Crippen LogP contribution in [0.2, 0.25) is 0 Å². The molecule has 0 fully saturated rings. The minimum Gasteiger partial charge on any atom is -0.261 e. The number of sulfonamides is 1. The summed E-state index contributed by atoms with van der Waals surface area (Å²) in [7, 11) is -3.82. The highest BCUT2D eigenvalue weighted by Crippen LogP contribution is 2.41. The van der Waals surface area contributed by atoms with Gasteiger partial charge in [0, 0.05) is 5.56 Å². The number of rotatable bonds is 6. The number of hydrogen-bond acceptors (Lipinski definition) is 2. The van der Waals surface area contributed by atoms with Crippen molar-refractivity contribution < 1.29 is 8.42 Å². The van der Waals surface area contributed by atoms with E-state index in [1.807, 2.05) is 79.7 Å². The van der Waals surface area contributed by atoms with Crippen molar-refractivity contribution >= 4 is 21.3 Å². The van der Waals surface area contributed by atoms with Crippen LogP contribution in [0.25, 0.3) is 11.3 Å². The molecular weight excluding hydrogens is 438 g/mol. The van der Waals surface area contributed by atoms with Gasteiger partial charge in [-0.25, -0.2) is 8.42 Å². The monoisotopic (exact) mass is 465 g/mol. The van der Waals surface area contributed by atoms with Crippen LogP contribution in [-0.4, -0.2) is 12.7 Å². The van der Waals surface area contributed by atoms with Crippen LogP contribution < -0.4 is 0 Å². The lowest BCUT2D eigenvalue weighted by atomic mass is 9.86. The minimum absolute atomic E-state index is 0.261. The first-order chi connectivity index (χ1) is 16.5. The summed E-state index contributed by atoms with van der Waals surface area (Å²) in [4.78, 5) is 0.303. The van der Waals surface area contributed by atoms with Crippen molar-refractivity contribution in [1.82, 2.24) is 4.31 Å². The molecule has 4 aromatic rings. The molecule has 3 nitrogen and oxygen atoms in total. The predicted molar refractivity (Wildman–Crippen MR) is 138 cm³/mol. The highest BCUT2D eigenvalue weighted by atomic mass is 32.2. The van der Waals surface area contributed by atoms with Crippen molar-refractivity contribution in [1.29, 1.82) is 0 Å². The Balaban J connectivity index is 1.77. The summed E-state index contributed by atoms with van der Waals surface area (Å²) < 4.78 is 30.1. The Kier molecular flexibility index (Phi) is 6.08. The molecule has 1 aliphatic carbocycles. The normalized spacial score (nSPS) is 13.4. The van der Waals surface area contributed by atoms with Gasteiger partial charge in [-0.2, -0.15) is 0 Å². The Morgan fingerprint density at radius 3 is 2.03 bits per heavy atom. The van der Waals surface area contributed by atoms with Crippen LogP contribution in [0.3, 0.4) is 0 Å². The first-order valence-corrected chi connectivity index (χ1v) is 13.0. The third kappa shape index (κ3) is 4.29. The molecular formula is C30H27NO2S. The molecule has 5 rings (SSSR count). The summed E-state index contributed by atoms with van der Waals surface area (Å²) in [5, 5.41) is 0. The fourth-order valence-corrected chi connectivity index (χ4v) is 6.09. The molecule has 0 aliphatic heterocycles. The highest BCUT2D eigenvalue weighted by Gasteiger charge is 2.33. The molecule has 34 heavy (non-hydrogen) atoms. The summed E-state index contributed by atoms with van der Waals surface area (Å²) in [6, 6.07) is 35.3. The fraction of sp³-hybridized carbons (Fsp3) is 0.133. The largest absolute Gasteiger partial charge is 0.264 e. The van der Waals surface area contributed by atoms with Crippen molar-refractivity contribution in [3.05, 3.63) is 137 Å². The molecule has 170 valence electrons. The highest BCUT2D eigenvalue weighted by molar-refractivity contribution is 7.89. The van der Waals surface area contributed by atoms with Crippen LogP contribution in [0, 0.1) is 6.92 Å². The van der Waals surface area contributed by atoms with Crippen molar-refractivity contribution in [3.8, 4) is 0 Å². The van der Waals surface area contributed by atoms with Crippen LogP contribution in [0.1, 0.15) is 34.2 Å². The molecule has 0 heterocycles. The average molecular weight is 466 g/mol. The van der Waals surface area contributed by atoms with Gasteiger partial charge in [0.05, 0.1) is 17.1 Å². The Morgan fingerprint density at radius 2 is 1.32 bits per heavy atom. The molecule has 0 spiro atoms. The first-order valence-electron chi connectivity index (χ1n) is 11.5. The van der Waals surface area contributed by atoms with E-state index in [0.29, 0.717) is 4.90 Å². The van der Waals surface area contributed by atoms with E-state index in [-0.39, 0.29) is 6.54 Å². The molecule has 0 amide bonds. The molecule has 1 aliphatic rings. The zero-order valence-electron chi connectivity index (χ0n) is 19.2. The van der Waals surface area contributed by atoms with Crippen LogP contribution in [-0.2, 0) is 23.0 Å². The number of hydrogen-bond donors (Lipinski definition) is 0. The third-order valence-corrected chi connectivity index (χ3v) is 8.11. The van der Waals surface area contributed by atoms with E-state index in [9.17, 15) is 8.42 Å². The second-order valence-electron chi connectivity index (χ2n) is 8.66. The standard InChI is InChI=1S/C30H27NO2S/c1-23-16-19-27(20-17-23)34(32,33)31(22-24-10-4-2-5-11-24)30-28-15-9-8-14-26(28)18-21-29(30)25-12-6-3-7-13-25/h2-17,19-20H,18,21-22H2,1H3. The number of allylic oxidation sites excluding steroid dienone is 1. The zero-order chi connectivity index (χ0) is 23.5. The Bertz CT molecular complexity index is 1420. The zero-order valence-corrected chi connectivity index (χ0v) is 20.0. The lowest BCUT2D eigenvalue weighted by molar-refractivity contribution is 0.506. The average Bonchev–Trinajstić information content (AvgIpc) is 2.88. The molecule has 0 bridgehead atoms. The molecule has 0 N–H and O–H groups in total. The summed E-state index contributed by atoms with van der Waals surface area (Å²) in [5.74, 6) is 0. The molecule has 0 aromatic heterocycles. The molecule has 0 saturated carbocycles. The van der Waals surface area contributed by atoms with Gasteiger partial charge in [-0.3, -0.25) is 4.31 Å². The van der Waals surface area contributed by atoms with Gasteiger partial charge < -0.3 is 0 Å². The minimum atomic E-state index is -3.82. The SMILES string of the molecule is Cc1ccc(S(=O)(=O)N(Cc2ccccc2)C2=C(c3ccccc3)CCc3ccccc32)cc1. The fourth-order valence-electron chi connectivity index (χ4n) is 4.59. The number of fused-ring (bicyclic) bond motifs is 1. The lowest BCUT2D eigenvalue weighted by Gasteiger charge is -2.33. The van der Waals surface area contributed by atoms with Gasteiger partial charge in [-0.05, 0) is 54.2 Å². The van der Waals surface area contributed by atoms with Crippen LogP contribution in [0.5, 0.6) is 0 Å². The van der Waals surface area contributed by atoms with Crippen LogP contribution in [0.15, 0.2) is 114 Å². The van der Waals surface area contributed by atoms with Crippen LogP contribution >= 0.6 is 0 Å². The summed E-state index contributed by atoms with van der Waals surface area (Å²) in [6.45, 7) is 2.22. The molecule has 0 saturated heterocycles. The Morgan fingerprint density at radius 1 is 0.706 bits per heavy atom. The van der Waals surface area contributed by atoms with E-state index in [0.717, 1.165) is 46.4 Å². The van der Waals surface area contributed by atoms with Gasteiger partial charge in [0.2, 0.25) is 0 Å². The second kappa shape index (κ2) is 9.32. The van der Waals surface area contributed by atoms with E-state index in [1.165, 1.54) is 5.56 Å². The summed E-state index contributed by atoms with van der Waals surface area (Å²) in [6.07, 6.45) is 1.67. The van der Waals surface area contributed by atoms with Gasteiger partial charge in [0.1, 0.15) is 0 Å². The third-order valence-electron chi connectivity index (χ3n) is 6.35. The maximum absolute atomic E-state index is 14.2. The maximum Gasteiger partial charge on any atom is 0.264 e.